The van der Waals surface area contributed by atoms with E-state index < -0.39 is 0 Å². The van der Waals surface area contributed by atoms with E-state index in [1.165, 1.54) is 18.2 Å². The predicted molar refractivity (Wildman–Crippen MR) is 138 cm³/mol. The van der Waals surface area contributed by atoms with Crippen LogP contribution in [0.3, 0.4) is 0 Å². The van der Waals surface area contributed by atoms with Gasteiger partial charge in [-0.25, -0.2) is 9.78 Å². The second-order valence-corrected chi connectivity index (χ2v) is 10.7. The zero-order chi connectivity index (χ0) is 24.7. The number of rotatable bonds is 6. The van der Waals surface area contributed by atoms with Gasteiger partial charge in [0.15, 0.2) is 0 Å². The third kappa shape index (κ3) is 4.51. The third-order valence-corrected chi connectivity index (χ3v) is 7.80. The third-order valence-electron chi connectivity index (χ3n) is 7.19. The Morgan fingerprint density at radius 1 is 1.29 bits per heavy atom. The standard InChI is InChI=1S/C25H33N7O2S/c1-6-20-19(8-7-14(2)3)22-21(11-26-20)27-15(4)32(22)18-9-16-12-31(13-17(16)10-18)25(33)29-24-28-23(34-5)30-35-24/h7-8,11,14,16-18H,6,9-10,12-13H2,1-5H3,(H,28,29,30,33)/b8-7-. The number of pyridine rings is 1. The van der Waals surface area contributed by atoms with Crippen LogP contribution in [0.2, 0.25) is 0 Å². The number of urea groups is 1. The molecule has 2 aliphatic rings. The topological polar surface area (TPSA) is 98.1 Å². The van der Waals surface area contributed by atoms with Crippen molar-refractivity contribution in [3.63, 3.8) is 0 Å². The van der Waals surface area contributed by atoms with Gasteiger partial charge in [-0.2, -0.15) is 4.98 Å². The number of methoxy groups -OCH3 is 1. The van der Waals surface area contributed by atoms with Crippen LogP contribution in [0.25, 0.3) is 17.1 Å². The van der Waals surface area contributed by atoms with E-state index in [9.17, 15) is 4.79 Å². The summed E-state index contributed by atoms with van der Waals surface area (Å²) in [5, 5.41) is 3.33. The molecule has 3 aromatic rings. The fraction of sp³-hybridized carbons (Fsp3) is 0.560. The Balaban J connectivity index is 1.35. The lowest BCUT2D eigenvalue weighted by atomic mass is 10.0. The summed E-state index contributed by atoms with van der Waals surface area (Å²) in [4.78, 5) is 28.5. The zero-order valence-corrected chi connectivity index (χ0v) is 21.8. The second-order valence-electron chi connectivity index (χ2n) is 9.90. The van der Waals surface area contributed by atoms with Gasteiger partial charge < -0.3 is 14.2 Å². The summed E-state index contributed by atoms with van der Waals surface area (Å²) in [6.07, 6.45) is 9.39. The molecule has 4 heterocycles. The van der Waals surface area contributed by atoms with Crippen molar-refractivity contribution in [3.05, 3.63) is 29.4 Å². The largest absolute Gasteiger partial charge is 0.466 e. The van der Waals surface area contributed by atoms with Gasteiger partial charge in [0.25, 0.3) is 0 Å². The number of likely N-dealkylation sites (tertiary alicyclic amines) is 1. The molecule has 2 fully saturated rings. The maximum Gasteiger partial charge on any atom is 0.329 e. The van der Waals surface area contributed by atoms with E-state index in [1.54, 1.807) is 0 Å². The summed E-state index contributed by atoms with van der Waals surface area (Å²) in [6.45, 7) is 10.2. The Morgan fingerprint density at radius 2 is 2.03 bits per heavy atom. The van der Waals surface area contributed by atoms with E-state index in [1.807, 2.05) is 11.1 Å². The summed E-state index contributed by atoms with van der Waals surface area (Å²) in [6, 6.07) is 0.545. The average Bonchev–Trinajstić information content (AvgIpc) is 3.58. The van der Waals surface area contributed by atoms with Gasteiger partial charge in [-0.3, -0.25) is 10.3 Å². The Labute approximate surface area is 209 Å². The molecule has 0 radical (unpaired) electrons. The summed E-state index contributed by atoms with van der Waals surface area (Å²) in [5.74, 6) is 2.47. The van der Waals surface area contributed by atoms with Gasteiger partial charge in [-0.15, -0.1) is 4.37 Å². The first-order valence-electron chi connectivity index (χ1n) is 12.4. The highest BCUT2D eigenvalue weighted by Crippen LogP contribution is 2.46. The minimum absolute atomic E-state index is 0.112. The summed E-state index contributed by atoms with van der Waals surface area (Å²) < 4.78 is 11.5. The Hall–Kier alpha value is -3.01. The first kappa shape index (κ1) is 23.7. The number of ether oxygens (including phenoxy) is 1. The molecule has 1 N–H and O–H groups in total. The lowest BCUT2D eigenvalue weighted by molar-refractivity contribution is 0.217. The molecule has 2 unspecified atom stereocenters. The van der Waals surface area contributed by atoms with Gasteiger partial charge in [-0.05, 0) is 43.9 Å². The van der Waals surface area contributed by atoms with Gasteiger partial charge in [-0.1, -0.05) is 32.9 Å². The molecule has 9 nitrogen and oxygen atoms in total. The van der Waals surface area contributed by atoms with E-state index >= 15 is 0 Å². The smallest absolute Gasteiger partial charge is 0.329 e. The van der Waals surface area contributed by atoms with Crippen molar-refractivity contribution < 1.29 is 9.53 Å². The number of amides is 2. The molecule has 10 heteroatoms. The highest BCUT2D eigenvalue weighted by molar-refractivity contribution is 7.10. The van der Waals surface area contributed by atoms with E-state index in [4.69, 9.17) is 14.7 Å². The second kappa shape index (κ2) is 9.56. The van der Waals surface area contributed by atoms with Gasteiger partial charge >= 0.3 is 12.0 Å². The van der Waals surface area contributed by atoms with E-state index in [-0.39, 0.29) is 12.0 Å². The van der Waals surface area contributed by atoms with Crippen LogP contribution in [0.5, 0.6) is 6.01 Å². The molecule has 35 heavy (non-hydrogen) atoms. The normalized spacial score (nSPS) is 22.0. The number of hydrogen-bond acceptors (Lipinski definition) is 7. The summed E-state index contributed by atoms with van der Waals surface area (Å²) in [7, 11) is 1.51. The Bertz CT molecular complexity index is 1250. The fourth-order valence-electron chi connectivity index (χ4n) is 5.62. The van der Waals surface area contributed by atoms with Crippen LogP contribution < -0.4 is 10.1 Å². The number of anilines is 1. The number of carbonyl (C=O) groups excluding carboxylic acids is 1. The number of carbonyl (C=O) groups is 1. The van der Waals surface area contributed by atoms with Crippen LogP contribution in [-0.2, 0) is 6.42 Å². The van der Waals surface area contributed by atoms with Gasteiger partial charge in [0, 0.05) is 41.9 Å². The predicted octanol–water partition coefficient (Wildman–Crippen LogP) is 4.95. The van der Waals surface area contributed by atoms with Gasteiger partial charge in [0.2, 0.25) is 5.13 Å². The molecule has 3 aromatic heterocycles. The number of hydrogen-bond donors (Lipinski definition) is 1. The van der Waals surface area contributed by atoms with E-state index in [2.05, 4.69) is 59.1 Å². The Kier molecular flexibility index (Phi) is 6.48. The monoisotopic (exact) mass is 495 g/mol. The molecular formula is C25H33N7O2S. The molecule has 5 rings (SSSR count). The lowest BCUT2D eigenvalue weighted by Gasteiger charge is -2.21. The molecule has 1 saturated heterocycles. The highest BCUT2D eigenvalue weighted by atomic mass is 32.1. The van der Waals surface area contributed by atoms with Crippen molar-refractivity contribution in [1.82, 2.24) is 28.8 Å². The first-order valence-corrected chi connectivity index (χ1v) is 13.1. The van der Waals surface area contributed by atoms with Crippen molar-refractivity contribution in [3.8, 4) is 6.01 Å². The molecule has 186 valence electrons. The van der Waals surface area contributed by atoms with Crippen LogP contribution in [0.15, 0.2) is 12.3 Å². The number of allylic oxidation sites excluding steroid dienone is 1. The van der Waals surface area contributed by atoms with Crippen molar-refractivity contribution in [2.24, 2.45) is 17.8 Å². The fourth-order valence-corrected chi connectivity index (χ4v) is 6.15. The van der Waals surface area contributed by atoms with Crippen LogP contribution in [-0.4, -0.2) is 55.0 Å². The maximum atomic E-state index is 12.8. The molecule has 2 amide bonds. The average molecular weight is 496 g/mol. The number of nitrogens with one attached hydrogen (secondary N) is 1. The number of aromatic nitrogens is 5. The number of nitrogens with zero attached hydrogens (tertiary/aromatic N) is 6. The van der Waals surface area contributed by atoms with Gasteiger partial charge in [0.1, 0.15) is 11.3 Å². The molecular weight excluding hydrogens is 462 g/mol. The minimum atomic E-state index is -0.112. The quantitative estimate of drug-likeness (QED) is 0.520. The van der Waals surface area contributed by atoms with Crippen molar-refractivity contribution in [1.29, 1.82) is 0 Å². The molecule has 0 bridgehead atoms. The molecule has 0 aromatic carbocycles. The van der Waals surface area contributed by atoms with E-state index in [0.717, 1.165) is 60.9 Å². The zero-order valence-electron chi connectivity index (χ0n) is 21.0. The molecule has 1 aliphatic heterocycles. The SMILES string of the molecule is CCc1ncc2nc(C)n(C3CC4CN(C(=O)Nc5nc(OC)ns5)CC4C3)c2c1/C=C\C(C)C. The van der Waals surface area contributed by atoms with Crippen LogP contribution in [0.4, 0.5) is 9.93 Å². The van der Waals surface area contributed by atoms with Crippen LogP contribution in [0, 0.1) is 24.7 Å². The van der Waals surface area contributed by atoms with Crippen molar-refractivity contribution in [2.45, 2.75) is 53.0 Å². The van der Waals surface area contributed by atoms with Crippen molar-refractivity contribution in [2.75, 3.05) is 25.5 Å². The van der Waals surface area contributed by atoms with E-state index in [0.29, 0.717) is 28.9 Å². The number of aryl methyl sites for hydroxylation is 2. The number of fused-ring (bicyclic) bond motifs is 2. The summed E-state index contributed by atoms with van der Waals surface area (Å²) in [5.41, 5.74) is 4.49. The van der Waals surface area contributed by atoms with Crippen LogP contribution in [0.1, 0.15) is 56.7 Å². The van der Waals surface area contributed by atoms with Crippen LogP contribution >= 0.6 is 11.5 Å². The molecule has 1 saturated carbocycles. The van der Waals surface area contributed by atoms with Crippen molar-refractivity contribution >= 4 is 39.8 Å². The number of imidazole rings is 1. The van der Waals surface area contributed by atoms with Gasteiger partial charge in [0.05, 0.1) is 18.8 Å². The molecule has 1 aliphatic carbocycles. The minimum Gasteiger partial charge on any atom is -0.466 e. The molecule has 0 spiro atoms. The highest BCUT2D eigenvalue weighted by Gasteiger charge is 2.43. The lowest BCUT2D eigenvalue weighted by Crippen LogP contribution is -2.34. The summed E-state index contributed by atoms with van der Waals surface area (Å²) >= 11 is 1.13. The maximum absolute atomic E-state index is 12.8. The molecule has 2 atom stereocenters. The Morgan fingerprint density at radius 3 is 2.66 bits per heavy atom. The first-order chi connectivity index (χ1) is 16.9.